The van der Waals surface area contributed by atoms with Crippen molar-refractivity contribution in [1.82, 2.24) is 14.9 Å². The van der Waals surface area contributed by atoms with Crippen molar-refractivity contribution < 1.29 is 4.79 Å². The number of carbonyl (C=O) groups is 1. The van der Waals surface area contributed by atoms with Crippen molar-refractivity contribution in [2.45, 2.75) is 18.9 Å². The molecule has 19 heavy (non-hydrogen) atoms. The lowest BCUT2D eigenvalue weighted by atomic mass is 10.1. The van der Waals surface area contributed by atoms with Crippen molar-refractivity contribution >= 4 is 16.9 Å². The number of rotatable bonds is 1. The van der Waals surface area contributed by atoms with Gasteiger partial charge >= 0.3 is 0 Å². The van der Waals surface area contributed by atoms with E-state index >= 15 is 0 Å². The highest BCUT2D eigenvalue weighted by atomic mass is 16.2. The maximum Gasteiger partial charge on any atom is 0.274 e. The standard InChI is InChI=1S/C14H16N4O/c15-10-5-7-18(8-6-10)14(19)13-9-16-11-3-1-2-4-12(11)17-13/h1-4,9-10H,5-8,15H2. The van der Waals surface area contributed by atoms with Gasteiger partial charge in [0.25, 0.3) is 5.91 Å². The molecule has 1 aromatic carbocycles. The van der Waals surface area contributed by atoms with E-state index in [4.69, 9.17) is 5.73 Å². The second kappa shape index (κ2) is 4.93. The van der Waals surface area contributed by atoms with Crippen molar-refractivity contribution in [3.8, 4) is 0 Å². The molecule has 1 fully saturated rings. The molecule has 2 N–H and O–H groups in total. The summed E-state index contributed by atoms with van der Waals surface area (Å²) in [6.45, 7) is 1.41. The fraction of sp³-hybridized carbons (Fsp3) is 0.357. The van der Waals surface area contributed by atoms with Crippen LogP contribution >= 0.6 is 0 Å². The number of piperidine rings is 1. The Hall–Kier alpha value is -2.01. The SMILES string of the molecule is NC1CCN(C(=O)c2cnc3ccccc3n2)CC1. The molecular formula is C14H16N4O. The Bertz CT molecular complexity index is 605. The van der Waals surface area contributed by atoms with Gasteiger partial charge in [-0.2, -0.15) is 0 Å². The highest BCUT2D eigenvalue weighted by Crippen LogP contribution is 2.13. The third kappa shape index (κ3) is 2.42. The molecule has 1 saturated heterocycles. The second-order valence-corrected chi connectivity index (χ2v) is 4.87. The van der Waals surface area contributed by atoms with Crippen LogP contribution in [0.15, 0.2) is 30.5 Å². The van der Waals surface area contributed by atoms with Gasteiger partial charge in [-0.05, 0) is 25.0 Å². The zero-order valence-corrected chi connectivity index (χ0v) is 10.6. The summed E-state index contributed by atoms with van der Waals surface area (Å²) in [4.78, 5) is 22.8. The van der Waals surface area contributed by atoms with Crippen molar-refractivity contribution in [3.05, 3.63) is 36.2 Å². The summed E-state index contributed by atoms with van der Waals surface area (Å²) in [5.41, 5.74) is 7.81. The third-order valence-corrected chi connectivity index (χ3v) is 3.49. The number of amides is 1. The molecule has 98 valence electrons. The first-order valence-corrected chi connectivity index (χ1v) is 6.51. The molecule has 3 rings (SSSR count). The Morgan fingerprint density at radius 2 is 1.89 bits per heavy atom. The Labute approximate surface area is 111 Å². The van der Waals surface area contributed by atoms with Gasteiger partial charge in [0, 0.05) is 19.1 Å². The van der Waals surface area contributed by atoms with Crippen LogP contribution in [0.3, 0.4) is 0 Å². The Kier molecular flexibility index (Phi) is 3.13. The highest BCUT2D eigenvalue weighted by molar-refractivity contribution is 5.93. The summed E-state index contributed by atoms with van der Waals surface area (Å²) >= 11 is 0. The van der Waals surface area contributed by atoms with Crippen LogP contribution in [0.25, 0.3) is 11.0 Å². The average molecular weight is 256 g/mol. The molecule has 1 amide bonds. The smallest absolute Gasteiger partial charge is 0.274 e. The molecule has 0 radical (unpaired) electrons. The molecule has 1 aromatic heterocycles. The lowest BCUT2D eigenvalue weighted by Crippen LogP contribution is -2.43. The largest absolute Gasteiger partial charge is 0.337 e. The van der Waals surface area contributed by atoms with Gasteiger partial charge in [0.15, 0.2) is 0 Å². The monoisotopic (exact) mass is 256 g/mol. The lowest BCUT2D eigenvalue weighted by molar-refractivity contribution is 0.0709. The van der Waals surface area contributed by atoms with Gasteiger partial charge in [0.1, 0.15) is 5.69 Å². The fourth-order valence-corrected chi connectivity index (χ4v) is 2.32. The van der Waals surface area contributed by atoms with E-state index in [1.807, 2.05) is 29.2 Å². The van der Waals surface area contributed by atoms with Gasteiger partial charge in [0.05, 0.1) is 17.2 Å². The van der Waals surface area contributed by atoms with Crippen LogP contribution in [0, 0.1) is 0 Å². The van der Waals surface area contributed by atoms with Gasteiger partial charge in [-0.1, -0.05) is 12.1 Å². The highest BCUT2D eigenvalue weighted by Gasteiger charge is 2.22. The van der Waals surface area contributed by atoms with E-state index in [1.54, 1.807) is 6.20 Å². The number of benzene rings is 1. The van der Waals surface area contributed by atoms with Gasteiger partial charge in [-0.3, -0.25) is 9.78 Å². The predicted octanol–water partition coefficient (Wildman–Crippen LogP) is 1.19. The maximum atomic E-state index is 12.3. The molecule has 1 aliphatic rings. The maximum absolute atomic E-state index is 12.3. The van der Waals surface area contributed by atoms with E-state index in [9.17, 15) is 4.79 Å². The van der Waals surface area contributed by atoms with Crippen LogP contribution in [0.1, 0.15) is 23.3 Å². The first-order valence-electron chi connectivity index (χ1n) is 6.51. The number of likely N-dealkylation sites (tertiary alicyclic amines) is 1. The van der Waals surface area contributed by atoms with Gasteiger partial charge in [-0.25, -0.2) is 4.98 Å². The number of hydrogen-bond acceptors (Lipinski definition) is 4. The molecule has 0 unspecified atom stereocenters. The first-order chi connectivity index (χ1) is 9.24. The molecule has 2 aromatic rings. The molecule has 1 aliphatic heterocycles. The number of fused-ring (bicyclic) bond motifs is 1. The van der Waals surface area contributed by atoms with Crippen LogP contribution in [0.4, 0.5) is 0 Å². The second-order valence-electron chi connectivity index (χ2n) is 4.87. The normalized spacial score (nSPS) is 16.8. The minimum atomic E-state index is -0.0508. The summed E-state index contributed by atoms with van der Waals surface area (Å²) in [6.07, 6.45) is 3.26. The summed E-state index contributed by atoms with van der Waals surface area (Å²) in [5.74, 6) is -0.0508. The number of nitrogens with zero attached hydrogens (tertiary/aromatic N) is 3. The van der Waals surface area contributed by atoms with Crippen molar-refractivity contribution in [1.29, 1.82) is 0 Å². The van der Waals surface area contributed by atoms with E-state index in [-0.39, 0.29) is 11.9 Å². The molecule has 0 spiro atoms. The Balaban J connectivity index is 1.85. The van der Waals surface area contributed by atoms with E-state index in [2.05, 4.69) is 9.97 Å². The van der Waals surface area contributed by atoms with E-state index in [0.29, 0.717) is 18.8 Å². The fourth-order valence-electron chi connectivity index (χ4n) is 2.32. The van der Waals surface area contributed by atoms with Crippen LogP contribution < -0.4 is 5.73 Å². The molecule has 0 aliphatic carbocycles. The summed E-state index contributed by atoms with van der Waals surface area (Å²) in [5, 5.41) is 0. The number of para-hydroxylation sites is 2. The molecule has 5 heteroatoms. The topological polar surface area (TPSA) is 72.1 Å². The number of hydrogen-bond donors (Lipinski definition) is 1. The molecular weight excluding hydrogens is 240 g/mol. The average Bonchev–Trinajstić information content (AvgIpc) is 2.47. The van der Waals surface area contributed by atoms with Crippen LogP contribution in [-0.2, 0) is 0 Å². The minimum absolute atomic E-state index is 0.0508. The lowest BCUT2D eigenvalue weighted by Gasteiger charge is -2.29. The number of carbonyl (C=O) groups excluding carboxylic acids is 1. The number of aromatic nitrogens is 2. The molecule has 0 bridgehead atoms. The van der Waals surface area contributed by atoms with Gasteiger partial charge < -0.3 is 10.6 Å². The molecule has 0 atom stereocenters. The summed E-state index contributed by atoms with van der Waals surface area (Å²) in [6, 6.07) is 7.77. The third-order valence-electron chi connectivity index (χ3n) is 3.49. The molecule has 0 saturated carbocycles. The molecule has 5 nitrogen and oxygen atoms in total. The summed E-state index contributed by atoms with van der Waals surface area (Å²) < 4.78 is 0. The van der Waals surface area contributed by atoms with Crippen molar-refractivity contribution in [3.63, 3.8) is 0 Å². The van der Waals surface area contributed by atoms with Crippen molar-refractivity contribution in [2.24, 2.45) is 5.73 Å². The van der Waals surface area contributed by atoms with Gasteiger partial charge in [0.2, 0.25) is 0 Å². The van der Waals surface area contributed by atoms with Crippen LogP contribution in [0.5, 0.6) is 0 Å². The minimum Gasteiger partial charge on any atom is -0.337 e. The van der Waals surface area contributed by atoms with E-state index in [1.165, 1.54) is 0 Å². The molecule has 2 heterocycles. The van der Waals surface area contributed by atoms with Crippen LogP contribution in [0.2, 0.25) is 0 Å². The van der Waals surface area contributed by atoms with Gasteiger partial charge in [-0.15, -0.1) is 0 Å². The number of nitrogens with two attached hydrogens (primary N) is 1. The first kappa shape index (κ1) is 12.0. The quantitative estimate of drug-likeness (QED) is 0.832. The Morgan fingerprint density at radius 3 is 2.63 bits per heavy atom. The van der Waals surface area contributed by atoms with Crippen molar-refractivity contribution in [2.75, 3.05) is 13.1 Å². The summed E-state index contributed by atoms with van der Waals surface area (Å²) in [7, 11) is 0. The zero-order valence-electron chi connectivity index (χ0n) is 10.6. The zero-order chi connectivity index (χ0) is 13.2. The van der Waals surface area contributed by atoms with E-state index in [0.717, 1.165) is 23.9 Å². The van der Waals surface area contributed by atoms with E-state index < -0.39 is 0 Å². The predicted molar refractivity (Wildman–Crippen MR) is 72.7 cm³/mol. The van der Waals surface area contributed by atoms with Crippen LogP contribution in [-0.4, -0.2) is 39.9 Å². The Morgan fingerprint density at radius 1 is 1.21 bits per heavy atom.